The number of aromatic amines is 1. The number of H-pyrrole nitrogens is 1. The van der Waals surface area contributed by atoms with E-state index < -0.39 is 0 Å². The van der Waals surface area contributed by atoms with Gasteiger partial charge in [0.2, 0.25) is 0 Å². The highest BCUT2D eigenvalue weighted by atomic mass is 16.2. The fourth-order valence-corrected chi connectivity index (χ4v) is 2.06. The molecule has 5 nitrogen and oxygen atoms in total. The van der Waals surface area contributed by atoms with Crippen molar-refractivity contribution >= 4 is 34.6 Å². The molecule has 0 aliphatic carbocycles. The Morgan fingerprint density at radius 1 is 1.17 bits per heavy atom. The van der Waals surface area contributed by atoms with Crippen LogP contribution >= 0.6 is 0 Å². The summed E-state index contributed by atoms with van der Waals surface area (Å²) in [5.41, 5.74) is 15.4. The van der Waals surface area contributed by atoms with Crippen molar-refractivity contribution in [2.24, 2.45) is 0 Å². The molecule has 18 heavy (non-hydrogen) atoms. The van der Waals surface area contributed by atoms with E-state index in [4.69, 9.17) is 11.5 Å². The zero-order chi connectivity index (χ0) is 12.7. The van der Waals surface area contributed by atoms with Crippen LogP contribution in [0.4, 0.5) is 17.1 Å². The van der Waals surface area contributed by atoms with E-state index in [9.17, 15) is 4.79 Å². The first kappa shape index (κ1) is 10.5. The minimum Gasteiger partial charge on any atom is -0.397 e. The number of carbonyl (C=O) groups is 1. The molecule has 0 radical (unpaired) electrons. The molecule has 1 aliphatic heterocycles. The number of carbonyl (C=O) groups excluding carboxylic acids is 1. The van der Waals surface area contributed by atoms with E-state index >= 15 is 0 Å². The molecule has 0 bridgehead atoms. The van der Waals surface area contributed by atoms with Gasteiger partial charge in [0.15, 0.2) is 0 Å². The van der Waals surface area contributed by atoms with Crippen LogP contribution in [-0.2, 0) is 4.79 Å². The maximum Gasteiger partial charge on any atom is 0.256 e. The Kier molecular flexibility index (Phi) is 2.13. The van der Waals surface area contributed by atoms with E-state index in [0.717, 1.165) is 5.69 Å². The van der Waals surface area contributed by atoms with Crippen LogP contribution in [0, 0.1) is 0 Å². The Morgan fingerprint density at radius 3 is 2.72 bits per heavy atom. The summed E-state index contributed by atoms with van der Waals surface area (Å²) in [6, 6.07) is 7.18. The SMILES string of the molecule is Nc1ccc2c(c1N)/C(=C/c1ccc[nH]1)C(=O)N2. The Bertz CT molecular complexity index is 656. The smallest absolute Gasteiger partial charge is 0.256 e. The summed E-state index contributed by atoms with van der Waals surface area (Å²) >= 11 is 0. The molecule has 0 saturated carbocycles. The molecule has 6 N–H and O–H groups in total. The van der Waals surface area contributed by atoms with Crippen LogP contribution in [-0.4, -0.2) is 10.9 Å². The first-order valence-electron chi connectivity index (χ1n) is 5.51. The minimum atomic E-state index is -0.170. The lowest BCUT2D eigenvalue weighted by molar-refractivity contribution is -0.110. The number of fused-ring (bicyclic) bond motifs is 1. The number of nitrogen functional groups attached to an aromatic ring is 2. The van der Waals surface area contributed by atoms with Crippen molar-refractivity contribution in [2.75, 3.05) is 16.8 Å². The molecule has 2 heterocycles. The van der Waals surface area contributed by atoms with E-state index in [2.05, 4.69) is 10.3 Å². The first-order valence-corrected chi connectivity index (χ1v) is 5.51. The Balaban J connectivity index is 2.20. The normalized spacial score (nSPS) is 15.8. The van der Waals surface area contributed by atoms with Gasteiger partial charge >= 0.3 is 0 Å². The van der Waals surface area contributed by atoms with Crippen molar-refractivity contribution in [3.8, 4) is 0 Å². The summed E-state index contributed by atoms with van der Waals surface area (Å²) in [4.78, 5) is 15.0. The second kappa shape index (κ2) is 3.66. The number of hydrogen-bond donors (Lipinski definition) is 4. The van der Waals surface area contributed by atoms with Crippen LogP contribution < -0.4 is 16.8 Å². The van der Waals surface area contributed by atoms with Gasteiger partial charge in [-0.1, -0.05) is 0 Å². The number of aromatic nitrogens is 1. The maximum atomic E-state index is 11.9. The van der Waals surface area contributed by atoms with E-state index in [1.165, 1.54) is 0 Å². The van der Waals surface area contributed by atoms with Gasteiger partial charge in [-0.3, -0.25) is 4.79 Å². The zero-order valence-corrected chi connectivity index (χ0v) is 9.53. The number of nitrogens with two attached hydrogens (primary N) is 2. The number of hydrogen-bond acceptors (Lipinski definition) is 3. The van der Waals surface area contributed by atoms with Gasteiger partial charge < -0.3 is 21.8 Å². The summed E-state index contributed by atoms with van der Waals surface area (Å²) in [5.74, 6) is -0.170. The second-order valence-corrected chi connectivity index (χ2v) is 4.13. The summed E-state index contributed by atoms with van der Waals surface area (Å²) < 4.78 is 0. The van der Waals surface area contributed by atoms with Crippen LogP contribution in [0.2, 0.25) is 0 Å². The third-order valence-electron chi connectivity index (χ3n) is 2.96. The van der Waals surface area contributed by atoms with Crippen molar-refractivity contribution in [1.29, 1.82) is 0 Å². The van der Waals surface area contributed by atoms with Gasteiger partial charge in [0, 0.05) is 17.5 Å². The fourth-order valence-electron chi connectivity index (χ4n) is 2.06. The molecule has 2 aromatic rings. The standard InChI is InChI=1S/C13H12N4O/c14-9-3-4-10-11(12(9)15)8(13(18)17-10)6-7-2-1-5-16-7/h1-6,16H,14-15H2,(H,17,18)/b8-6-. The lowest BCUT2D eigenvalue weighted by atomic mass is 10.0. The summed E-state index contributed by atoms with van der Waals surface area (Å²) in [6.45, 7) is 0. The summed E-state index contributed by atoms with van der Waals surface area (Å²) in [7, 11) is 0. The Labute approximate surface area is 103 Å². The van der Waals surface area contributed by atoms with E-state index in [-0.39, 0.29) is 5.91 Å². The molecule has 0 saturated heterocycles. The molecule has 0 fully saturated rings. The monoisotopic (exact) mass is 240 g/mol. The molecule has 0 spiro atoms. The van der Waals surface area contributed by atoms with Crippen molar-refractivity contribution in [3.05, 3.63) is 41.7 Å². The van der Waals surface area contributed by atoms with E-state index in [1.807, 2.05) is 12.1 Å². The van der Waals surface area contributed by atoms with Gasteiger partial charge in [-0.05, 0) is 30.3 Å². The van der Waals surface area contributed by atoms with Crippen molar-refractivity contribution in [2.45, 2.75) is 0 Å². The molecule has 1 aromatic carbocycles. The molecule has 5 heteroatoms. The van der Waals surface area contributed by atoms with Gasteiger partial charge in [-0.25, -0.2) is 0 Å². The molecule has 1 aromatic heterocycles. The molecule has 1 aliphatic rings. The highest BCUT2D eigenvalue weighted by Gasteiger charge is 2.27. The number of anilines is 3. The number of rotatable bonds is 1. The minimum absolute atomic E-state index is 0.170. The predicted octanol–water partition coefficient (Wildman–Crippen LogP) is 1.67. The largest absolute Gasteiger partial charge is 0.397 e. The molecule has 3 rings (SSSR count). The highest BCUT2D eigenvalue weighted by Crippen LogP contribution is 2.39. The second-order valence-electron chi connectivity index (χ2n) is 4.13. The predicted molar refractivity (Wildman–Crippen MR) is 72.6 cm³/mol. The van der Waals surface area contributed by atoms with Crippen molar-refractivity contribution < 1.29 is 4.79 Å². The molecular formula is C13H12N4O. The van der Waals surface area contributed by atoms with Crippen LogP contribution in [0.1, 0.15) is 11.3 Å². The third kappa shape index (κ3) is 1.45. The number of benzene rings is 1. The highest BCUT2D eigenvalue weighted by molar-refractivity contribution is 6.36. The van der Waals surface area contributed by atoms with Gasteiger partial charge in [-0.15, -0.1) is 0 Å². The lowest BCUT2D eigenvalue weighted by Crippen LogP contribution is -2.03. The summed E-state index contributed by atoms with van der Waals surface area (Å²) in [6.07, 6.45) is 3.56. The van der Waals surface area contributed by atoms with Crippen LogP contribution in [0.15, 0.2) is 30.5 Å². The molecule has 90 valence electrons. The van der Waals surface area contributed by atoms with Gasteiger partial charge in [0.1, 0.15) is 0 Å². The number of nitrogens with one attached hydrogen (secondary N) is 2. The van der Waals surface area contributed by atoms with Crippen LogP contribution in [0.5, 0.6) is 0 Å². The fraction of sp³-hybridized carbons (Fsp3) is 0. The molecule has 0 unspecified atom stereocenters. The van der Waals surface area contributed by atoms with Gasteiger partial charge in [-0.2, -0.15) is 0 Å². The Hall–Kier alpha value is -2.69. The molecular weight excluding hydrogens is 228 g/mol. The lowest BCUT2D eigenvalue weighted by Gasteiger charge is -2.06. The average molecular weight is 240 g/mol. The maximum absolute atomic E-state index is 11.9. The van der Waals surface area contributed by atoms with Crippen LogP contribution in [0.25, 0.3) is 11.6 Å². The topological polar surface area (TPSA) is 96.9 Å². The van der Waals surface area contributed by atoms with E-state index in [0.29, 0.717) is 28.2 Å². The quantitative estimate of drug-likeness (QED) is 0.451. The van der Waals surface area contributed by atoms with Crippen molar-refractivity contribution in [3.63, 3.8) is 0 Å². The van der Waals surface area contributed by atoms with E-state index in [1.54, 1.807) is 24.4 Å². The molecule has 0 atom stereocenters. The first-order chi connectivity index (χ1) is 8.66. The Morgan fingerprint density at radius 2 is 2.00 bits per heavy atom. The summed E-state index contributed by atoms with van der Waals surface area (Å²) in [5, 5.41) is 2.77. The van der Waals surface area contributed by atoms with Gasteiger partial charge in [0.25, 0.3) is 5.91 Å². The zero-order valence-electron chi connectivity index (χ0n) is 9.53. The average Bonchev–Trinajstić information content (AvgIpc) is 2.94. The van der Waals surface area contributed by atoms with Crippen LogP contribution in [0.3, 0.4) is 0 Å². The third-order valence-corrected chi connectivity index (χ3v) is 2.96. The van der Waals surface area contributed by atoms with Gasteiger partial charge in [0.05, 0.1) is 22.6 Å². The number of amides is 1. The molecule has 1 amide bonds. The van der Waals surface area contributed by atoms with Crippen molar-refractivity contribution in [1.82, 2.24) is 4.98 Å².